The van der Waals surface area contributed by atoms with E-state index in [9.17, 15) is 9.59 Å². The highest BCUT2D eigenvalue weighted by Crippen LogP contribution is 2.31. The van der Waals surface area contributed by atoms with E-state index < -0.39 is 0 Å². The van der Waals surface area contributed by atoms with Gasteiger partial charge < -0.3 is 20.1 Å². The van der Waals surface area contributed by atoms with Gasteiger partial charge in [0.05, 0.1) is 31.6 Å². The Morgan fingerprint density at radius 1 is 0.970 bits per heavy atom. The van der Waals surface area contributed by atoms with Gasteiger partial charge in [0.2, 0.25) is 11.8 Å². The molecule has 33 heavy (non-hydrogen) atoms. The fourth-order valence-corrected chi connectivity index (χ4v) is 4.09. The molecule has 0 saturated heterocycles. The van der Waals surface area contributed by atoms with Gasteiger partial charge in [-0.3, -0.25) is 9.59 Å². The van der Waals surface area contributed by atoms with Crippen molar-refractivity contribution in [3.8, 4) is 11.5 Å². The number of halogens is 1. The van der Waals surface area contributed by atoms with Gasteiger partial charge in [0.15, 0.2) is 0 Å². The van der Waals surface area contributed by atoms with Crippen molar-refractivity contribution in [3.63, 3.8) is 0 Å². The largest absolute Gasteiger partial charge is 0.497 e. The third kappa shape index (κ3) is 7.17. The SMILES string of the molecule is COc1ccc(NC(=O)C(C)Sc2cccc(NC(=O)Cc3ccc(Cl)cc3)c2)c(OC)c1. The third-order valence-corrected chi connectivity index (χ3v) is 6.09. The molecule has 0 aromatic heterocycles. The maximum Gasteiger partial charge on any atom is 0.237 e. The van der Waals surface area contributed by atoms with Crippen LogP contribution in [0.3, 0.4) is 0 Å². The van der Waals surface area contributed by atoms with E-state index in [0.29, 0.717) is 27.9 Å². The first kappa shape index (κ1) is 24.5. The summed E-state index contributed by atoms with van der Waals surface area (Å²) in [6, 6.07) is 19.8. The fourth-order valence-electron chi connectivity index (χ4n) is 3.03. The van der Waals surface area contributed by atoms with Gasteiger partial charge in [0.1, 0.15) is 11.5 Å². The average Bonchev–Trinajstić information content (AvgIpc) is 2.81. The summed E-state index contributed by atoms with van der Waals surface area (Å²) < 4.78 is 10.5. The summed E-state index contributed by atoms with van der Waals surface area (Å²) in [7, 11) is 3.11. The molecule has 2 amide bonds. The molecule has 0 saturated carbocycles. The number of rotatable bonds is 9. The van der Waals surface area contributed by atoms with Crippen molar-refractivity contribution >= 4 is 46.6 Å². The Morgan fingerprint density at radius 2 is 1.73 bits per heavy atom. The first-order chi connectivity index (χ1) is 15.9. The van der Waals surface area contributed by atoms with Crippen molar-refractivity contribution in [3.05, 3.63) is 77.3 Å². The van der Waals surface area contributed by atoms with Gasteiger partial charge in [0.25, 0.3) is 0 Å². The normalized spacial score (nSPS) is 11.4. The quantitative estimate of drug-likeness (QED) is 0.383. The molecule has 0 aliphatic heterocycles. The van der Waals surface area contributed by atoms with Crippen molar-refractivity contribution in [2.75, 3.05) is 24.9 Å². The molecular weight excluding hydrogens is 460 g/mol. The van der Waals surface area contributed by atoms with Gasteiger partial charge in [0, 0.05) is 21.7 Å². The predicted molar refractivity (Wildman–Crippen MR) is 134 cm³/mol. The zero-order valence-corrected chi connectivity index (χ0v) is 20.1. The predicted octanol–water partition coefficient (Wildman–Crippen LogP) is 5.66. The van der Waals surface area contributed by atoms with Crippen molar-refractivity contribution in [1.82, 2.24) is 0 Å². The molecule has 0 bridgehead atoms. The second-order valence-electron chi connectivity index (χ2n) is 7.19. The van der Waals surface area contributed by atoms with Gasteiger partial charge >= 0.3 is 0 Å². The van der Waals surface area contributed by atoms with Crippen molar-refractivity contribution in [2.24, 2.45) is 0 Å². The number of carbonyl (C=O) groups excluding carboxylic acids is 2. The molecule has 1 unspecified atom stereocenters. The molecule has 3 rings (SSSR count). The Hall–Kier alpha value is -3.16. The molecular formula is C25H25ClN2O4S. The zero-order chi connectivity index (χ0) is 23.8. The molecule has 0 spiro atoms. The van der Waals surface area contributed by atoms with Crippen molar-refractivity contribution in [1.29, 1.82) is 0 Å². The maximum absolute atomic E-state index is 12.7. The van der Waals surface area contributed by atoms with Crippen LogP contribution in [0, 0.1) is 0 Å². The summed E-state index contributed by atoms with van der Waals surface area (Å²) in [5.41, 5.74) is 2.11. The van der Waals surface area contributed by atoms with E-state index in [1.807, 2.05) is 43.3 Å². The number of benzene rings is 3. The molecule has 1 atom stereocenters. The lowest BCUT2D eigenvalue weighted by Crippen LogP contribution is -2.22. The van der Waals surface area contributed by atoms with Crippen LogP contribution in [-0.2, 0) is 16.0 Å². The molecule has 2 N–H and O–H groups in total. The van der Waals surface area contributed by atoms with E-state index in [0.717, 1.165) is 10.5 Å². The standard InChI is InChI=1S/C25H25ClN2O4S/c1-16(25(30)28-22-12-11-20(31-2)15-23(22)32-3)33-21-6-4-5-19(14-21)27-24(29)13-17-7-9-18(26)10-8-17/h4-12,14-16H,13H2,1-3H3,(H,27,29)(H,28,30). The number of hydrogen-bond acceptors (Lipinski definition) is 5. The van der Waals surface area contributed by atoms with Crippen molar-refractivity contribution in [2.45, 2.75) is 23.5 Å². The molecule has 0 aliphatic rings. The number of amides is 2. The number of ether oxygens (including phenoxy) is 2. The minimum atomic E-state index is -0.378. The molecule has 0 aliphatic carbocycles. The lowest BCUT2D eigenvalue weighted by Gasteiger charge is -2.15. The lowest BCUT2D eigenvalue weighted by atomic mass is 10.1. The zero-order valence-electron chi connectivity index (χ0n) is 18.6. The Bertz CT molecular complexity index is 1120. The minimum absolute atomic E-state index is 0.128. The number of anilines is 2. The monoisotopic (exact) mass is 484 g/mol. The topological polar surface area (TPSA) is 76.7 Å². The summed E-state index contributed by atoms with van der Waals surface area (Å²) in [5.74, 6) is 0.866. The Morgan fingerprint density at radius 3 is 2.42 bits per heavy atom. The Labute approximate surface area is 202 Å². The van der Waals surface area contributed by atoms with Gasteiger partial charge in [-0.15, -0.1) is 11.8 Å². The molecule has 0 heterocycles. The second kappa shape index (κ2) is 11.6. The van der Waals surface area contributed by atoms with E-state index in [1.54, 1.807) is 37.4 Å². The van der Waals surface area contributed by atoms with Crippen LogP contribution in [0.1, 0.15) is 12.5 Å². The number of methoxy groups -OCH3 is 2. The van der Waals surface area contributed by atoms with E-state index in [-0.39, 0.29) is 23.5 Å². The summed E-state index contributed by atoms with van der Waals surface area (Å²) in [6.45, 7) is 1.82. The summed E-state index contributed by atoms with van der Waals surface area (Å²) >= 11 is 7.28. The smallest absolute Gasteiger partial charge is 0.237 e. The number of carbonyl (C=O) groups is 2. The first-order valence-corrected chi connectivity index (χ1v) is 11.5. The molecule has 8 heteroatoms. The number of hydrogen-bond donors (Lipinski definition) is 2. The van der Waals surface area contributed by atoms with Crippen LogP contribution in [0.15, 0.2) is 71.6 Å². The minimum Gasteiger partial charge on any atom is -0.497 e. The molecule has 3 aromatic rings. The maximum atomic E-state index is 12.7. The summed E-state index contributed by atoms with van der Waals surface area (Å²) in [6.07, 6.45) is 0.247. The van der Waals surface area contributed by atoms with Crippen molar-refractivity contribution < 1.29 is 19.1 Å². The molecule has 0 fully saturated rings. The van der Waals surface area contributed by atoms with Crippen LogP contribution < -0.4 is 20.1 Å². The van der Waals surface area contributed by atoms with Crippen LogP contribution in [-0.4, -0.2) is 31.3 Å². The number of thioether (sulfide) groups is 1. The van der Waals surface area contributed by atoms with E-state index in [1.165, 1.54) is 18.9 Å². The van der Waals surface area contributed by atoms with Crippen LogP contribution in [0.25, 0.3) is 0 Å². The molecule has 6 nitrogen and oxygen atoms in total. The van der Waals surface area contributed by atoms with Gasteiger partial charge in [-0.05, 0) is 55.0 Å². The van der Waals surface area contributed by atoms with Crippen LogP contribution in [0.5, 0.6) is 11.5 Å². The second-order valence-corrected chi connectivity index (χ2v) is 9.05. The first-order valence-electron chi connectivity index (χ1n) is 10.2. The fraction of sp³-hybridized carbons (Fsp3) is 0.200. The Kier molecular flexibility index (Phi) is 8.63. The highest BCUT2D eigenvalue weighted by molar-refractivity contribution is 8.00. The van der Waals surface area contributed by atoms with Gasteiger partial charge in [-0.25, -0.2) is 0 Å². The van der Waals surface area contributed by atoms with Gasteiger partial charge in [-0.2, -0.15) is 0 Å². The number of nitrogens with one attached hydrogen (secondary N) is 2. The molecule has 172 valence electrons. The van der Waals surface area contributed by atoms with Gasteiger partial charge in [-0.1, -0.05) is 29.8 Å². The third-order valence-electron chi connectivity index (χ3n) is 4.74. The van der Waals surface area contributed by atoms with E-state index >= 15 is 0 Å². The summed E-state index contributed by atoms with van der Waals surface area (Å²) in [4.78, 5) is 26.0. The van der Waals surface area contributed by atoms with E-state index in [2.05, 4.69) is 10.6 Å². The Balaban J connectivity index is 1.59. The van der Waals surface area contributed by atoms with Crippen LogP contribution in [0.2, 0.25) is 5.02 Å². The summed E-state index contributed by atoms with van der Waals surface area (Å²) in [5, 5.41) is 6.04. The lowest BCUT2D eigenvalue weighted by molar-refractivity contribution is -0.116. The van der Waals surface area contributed by atoms with Crippen LogP contribution in [0.4, 0.5) is 11.4 Å². The molecule has 0 radical (unpaired) electrons. The van der Waals surface area contributed by atoms with Crippen LogP contribution >= 0.6 is 23.4 Å². The highest BCUT2D eigenvalue weighted by Gasteiger charge is 2.17. The highest BCUT2D eigenvalue weighted by atomic mass is 35.5. The van der Waals surface area contributed by atoms with E-state index in [4.69, 9.17) is 21.1 Å². The average molecular weight is 485 g/mol. The molecule has 3 aromatic carbocycles.